The van der Waals surface area contributed by atoms with Crippen molar-refractivity contribution in [2.24, 2.45) is 11.8 Å². The first-order valence-corrected chi connectivity index (χ1v) is 8.75. The van der Waals surface area contributed by atoms with Crippen LogP contribution >= 0.6 is 15.9 Å². The van der Waals surface area contributed by atoms with E-state index in [0.717, 1.165) is 16.5 Å². The number of H-pyrrole nitrogens is 1. The van der Waals surface area contributed by atoms with Crippen molar-refractivity contribution >= 4 is 15.9 Å². The van der Waals surface area contributed by atoms with Crippen LogP contribution in [0.2, 0.25) is 0 Å². The van der Waals surface area contributed by atoms with Crippen molar-refractivity contribution in [3.05, 3.63) is 32.7 Å². The Balaban J connectivity index is 1.90. The average Bonchev–Trinajstić information content (AvgIpc) is 2.42. The molecule has 1 aliphatic heterocycles. The molecule has 1 fully saturated rings. The standard InChI is InChI=1S/C17H26BrNO3/c1-11(2)17(9-21-10-17)22-6-5-12(3)13(4)15-7-14(18)8-19-16(15)20/h7-8,11-13H,5-6,9-10H2,1-4H3,(H,19,20). The van der Waals surface area contributed by atoms with E-state index in [1.807, 2.05) is 6.07 Å². The van der Waals surface area contributed by atoms with Crippen molar-refractivity contribution in [1.29, 1.82) is 0 Å². The molecular formula is C17H26BrNO3. The van der Waals surface area contributed by atoms with Gasteiger partial charge in [0.05, 0.1) is 13.2 Å². The predicted molar refractivity (Wildman–Crippen MR) is 91.3 cm³/mol. The Morgan fingerprint density at radius 3 is 2.59 bits per heavy atom. The molecule has 0 amide bonds. The van der Waals surface area contributed by atoms with Crippen LogP contribution in [-0.4, -0.2) is 30.4 Å². The second-order valence-corrected chi connectivity index (χ2v) is 7.63. The van der Waals surface area contributed by atoms with Crippen molar-refractivity contribution in [1.82, 2.24) is 4.98 Å². The summed E-state index contributed by atoms with van der Waals surface area (Å²) in [5.41, 5.74) is 0.720. The molecule has 1 aliphatic rings. The van der Waals surface area contributed by atoms with E-state index in [1.54, 1.807) is 6.20 Å². The maximum Gasteiger partial charge on any atom is 0.251 e. The van der Waals surface area contributed by atoms with E-state index in [9.17, 15) is 4.79 Å². The lowest BCUT2D eigenvalue weighted by Gasteiger charge is -2.44. The summed E-state index contributed by atoms with van der Waals surface area (Å²) in [5.74, 6) is 1.03. The lowest BCUT2D eigenvalue weighted by Crippen LogP contribution is -2.56. The van der Waals surface area contributed by atoms with Gasteiger partial charge in [-0.25, -0.2) is 0 Å². The maximum absolute atomic E-state index is 12.0. The molecule has 2 unspecified atom stereocenters. The van der Waals surface area contributed by atoms with Crippen LogP contribution in [0.4, 0.5) is 0 Å². The van der Waals surface area contributed by atoms with Gasteiger partial charge in [0.2, 0.25) is 0 Å². The van der Waals surface area contributed by atoms with Crippen LogP contribution in [0.1, 0.15) is 45.6 Å². The second-order valence-electron chi connectivity index (χ2n) is 6.72. The minimum Gasteiger partial charge on any atom is -0.375 e. The molecule has 0 aliphatic carbocycles. The third-order valence-electron chi connectivity index (χ3n) is 4.95. The van der Waals surface area contributed by atoms with Crippen LogP contribution in [-0.2, 0) is 9.47 Å². The summed E-state index contributed by atoms with van der Waals surface area (Å²) >= 11 is 3.42. The summed E-state index contributed by atoms with van der Waals surface area (Å²) in [6.45, 7) is 10.7. The maximum atomic E-state index is 12.0. The number of aromatic nitrogens is 1. The Bertz CT molecular complexity index is 551. The van der Waals surface area contributed by atoms with Crippen molar-refractivity contribution in [2.45, 2.75) is 45.6 Å². The van der Waals surface area contributed by atoms with E-state index in [0.29, 0.717) is 31.7 Å². The number of ether oxygens (including phenoxy) is 2. The fraction of sp³-hybridized carbons (Fsp3) is 0.706. The van der Waals surface area contributed by atoms with Crippen LogP contribution in [0.15, 0.2) is 21.5 Å². The molecule has 0 saturated carbocycles. The van der Waals surface area contributed by atoms with Crippen molar-refractivity contribution in [2.75, 3.05) is 19.8 Å². The van der Waals surface area contributed by atoms with Gasteiger partial charge in [-0.2, -0.15) is 0 Å². The summed E-state index contributed by atoms with van der Waals surface area (Å²) in [6, 6.07) is 1.91. The first kappa shape index (κ1) is 17.7. The number of rotatable bonds is 7. The molecule has 0 aromatic carbocycles. The molecule has 1 aromatic heterocycles. The Kier molecular flexibility index (Phi) is 5.86. The molecule has 0 bridgehead atoms. The SMILES string of the molecule is CC(CCOC1(C(C)C)COC1)C(C)c1cc(Br)c[nH]c1=O. The van der Waals surface area contributed by atoms with Crippen LogP contribution in [0, 0.1) is 11.8 Å². The first-order valence-electron chi connectivity index (χ1n) is 7.95. The van der Waals surface area contributed by atoms with Gasteiger partial charge in [0, 0.05) is 22.8 Å². The molecule has 22 heavy (non-hydrogen) atoms. The molecular weight excluding hydrogens is 346 g/mol. The number of nitrogens with one attached hydrogen (secondary N) is 1. The second kappa shape index (κ2) is 7.28. The third kappa shape index (κ3) is 3.81. The highest BCUT2D eigenvalue weighted by atomic mass is 79.9. The highest BCUT2D eigenvalue weighted by molar-refractivity contribution is 9.10. The molecule has 124 valence electrons. The van der Waals surface area contributed by atoms with Gasteiger partial charge in [-0.05, 0) is 46.2 Å². The molecule has 0 spiro atoms. The first-order chi connectivity index (χ1) is 10.4. The van der Waals surface area contributed by atoms with Crippen molar-refractivity contribution in [3.8, 4) is 0 Å². The van der Waals surface area contributed by atoms with Crippen molar-refractivity contribution in [3.63, 3.8) is 0 Å². The lowest BCUT2D eigenvalue weighted by atomic mass is 9.86. The summed E-state index contributed by atoms with van der Waals surface area (Å²) in [5, 5.41) is 0. The summed E-state index contributed by atoms with van der Waals surface area (Å²) in [7, 11) is 0. The van der Waals surface area contributed by atoms with Gasteiger partial charge in [-0.1, -0.05) is 27.7 Å². The Morgan fingerprint density at radius 2 is 2.05 bits per heavy atom. The molecule has 2 rings (SSSR count). The fourth-order valence-electron chi connectivity index (χ4n) is 2.70. The number of hydrogen-bond acceptors (Lipinski definition) is 3. The minimum atomic E-state index is -0.101. The minimum absolute atomic E-state index is 0.00508. The third-order valence-corrected chi connectivity index (χ3v) is 5.41. The normalized spacial score (nSPS) is 19.7. The van der Waals surface area contributed by atoms with E-state index in [2.05, 4.69) is 48.6 Å². The Labute approximate surface area is 140 Å². The van der Waals surface area contributed by atoms with Crippen LogP contribution in [0.25, 0.3) is 0 Å². The molecule has 1 saturated heterocycles. The van der Waals surface area contributed by atoms with Crippen molar-refractivity contribution < 1.29 is 9.47 Å². The van der Waals surface area contributed by atoms with Crippen LogP contribution in [0.5, 0.6) is 0 Å². The van der Waals surface area contributed by atoms with Crippen LogP contribution < -0.4 is 5.56 Å². The highest BCUT2D eigenvalue weighted by Crippen LogP contribution is 2.32. The van der Waals surface area contributed by atoms with E-state index >= 15 is 0 Å². The number of halogens is 1. The molecule has 5 heteroatoms. The van der Waals surface area contributed by atoms with Gasteiger partial charge in [0.1, 0.15) is 5.60 Å². The zero-order valence-corrected chi connectivity index (χ0v) is 15.4. The van der Waals surface area contributed by atoms with Gasteiger partial charge < -0.3 is 14.5 Å². The van der Waals surface area contributed by atoms with Gasteiger partial charge >= 0.3 is 0 Å². The monoisotopic (exact) mass is 371 g/mol. The number of hydrogen-bond donors (Lipinski definition) is 1. The Hall–Kier alpha value is -0.650. The largest absolute Gasteiger partial charge is 0.375 e. The van der Waals surface area contributed by atoms with E-state index in [4.69, 9.17) is 9.47 Å². The zero-order chi connectivity index (χ0) is 16.3. The van der Waals surface area contributed by atoms with Gasteiger partial charge in [-0.3, -0.25) is 4.79 Å². The molecule has 4 nitrogen and oxygen atoms in total. The molecule has 2 heterocycles. The summed E-state index contributed by atoms with van der Waals surface area (Å²) in [4.78, 5) is 14.7. The zero-order valence-electron chi connectivity index (χ0n) is 13.8. The summed E-state index contributed by atoms with van der Waals surface area (Å²) < 4.78 is 12.3. The number of aromatic amines is 1. The average molecular weight is 372 g/mol. The molecule has 0 radical (unpaired) electrons. The molecule has 2 atom stereocenters. The summed E-state index contributed by atoms with van der Waals surface area (Å²) in [6.07, 6.45) is 2.61. The Morgan fingerprint density at radius 1 is 1.36 bits per heavy atom. The van der Waals surface area contributed by atoms with Gasteiger partial charge in [0.15, 0.2) is 0 Å². The van der Waals surface area contributed by atoms with Gasteiger partial charge in [-0.15, -0.1) is 0 Å². The van der Waals surface area contributed by atoms with E-state index in [1.165, 1.54) is 0 Å². The molecule has 1 N–H and O–H groups in total. The lowest BCUT2D eigenvalue weighted by molar-refractivity contribution is -0.231. The van der Waals surface area contributed by atoms with Crippen LogP contribution in [0.3, 0.4) is 0 Å². The molecule has 1 aromatic rings. The number of pyridine rings is 1. The van der Waals surface area contributed by atoms with E-state index in [-0.39, 0.29) is 17.1 Å². The smallest absolute Gasteiger partial charge is 0.251 e. The predicted octanol–water partition coefficient (Wildman–Crippen LogP) is 3.71. The van der Waals surface area contributed by atoms with Gasteiger partial charge in [0.25, 0.3) is 5.56 Å². The quantitative estimate of drug-likeness (QED) is 0.794. The highest BCUT2D eigenvalue weighted by Gasteiger charge is 2.42. The fourth-order valence-corrected chi connectivity index (χ4v) is 3.06. The van der Waals surface area contributed by atoms with E-state index < -0.39 is 0 Å². The topological polar surface area (TPSA) is 51.3 Å².